The standard InChI is InChI=1S/C31H24F8N6O3S/c1-17-3-4-20(13-48-15-29(32,33)34)24(11-17)45-25(46)14-49-28(45)42-27(47)41-23-10-5-19(12-18(23)2)26-40-16-44(43-26)22-8-6-21(7-9-22)30(35,36)31(37,38)39/h3-12,16H,13-15H2,1-2H3,(H,41,47)/b42-28-. The molecule has 4 aromatic rings. The number of aliphatic imine (C=N–C) groups is 1. The second kappa shape index (κ2) is 13.6. The van der Waals surface area contributed by atoms with E-state index in [1.807, 2.05) is 0 Å². The first-order chi connectivity index (χ1) is 22.9. The van der Waals surface area contributed by atoms with Gasteiger partial charge in [0, 0.05) is 22.4 Å². The van der Waals surface area contributed by atoms with Crippen LogP contribution in [0.5, 0.6) is 0 Å². The lowest BCUT2D eigenvalue weighted by Gasteiger charge is -2.21. The molecule has 0 bridgehead atoms. The van der Waals surface area contributed by atoms with Gasteiger partial charge >= 0.3 is 24.3 Å². The van der Waals surface area contributed by atoms with Crippen molar-refractivity contribution in [2.75, 3.05) is 22.6 Å². The van der Waals surface area contributed by atoms with Crippen LogP contribution in [0.1, 0.15) is 22.3 Å². The Bertz CT molecular complexity index is 1910. The van der Waals surface area contributed by atoms with Crippen molar-refractivity contribution >= 4 is 40.2 Å². The van der Waals surface area contributed by atoms with Gasteiger partial charge in [0.15, 0.2) is 11.0 Å². The predicted molar refractivity (Wildman–Crippen MR) is 165 cm³/mol. The van der Waals surface area contributed by atoms with Crippen LogP contribution in [-0.4, -0.2) is 56.6 Å². The highest BCUT2D eigenvalue weighted by atomic mass is 32.2. The van der Waals surface area contributed by atoms with E-state index in [-0.39, 0.29) is 28.1 Å². The number of aromatic nitrogens is 3. The number of nitrogens with one attached hydrogen (secondary N) is 1. The minimum Gasteiger partial charge on any atom is -0.367 e. The minimum absolute atomic E-state index is 0.0179. The third-order valence-corrected chi connectivity index (χ3v) is 7.96. The summed E-state index contributed by atoms with van der Waals surface area (Å²) in [6, 6.07) is 12.1. The van der Waals surface area contributed by atoms with E-state index in [0.717, 1.165) is 28.8 Å². The number of rotatable bonds is 8. The molecule has 1 aliphatic rings. The molecule has 258 valence electrons. The zero-order chi connectivity index (χ0) is 35.7. The zero-order valence-corrected chi connectivity index (χ0v) is 26.2. The monoisotopic (exact) mass is 712 g/mol. The number of alkyl halides is 8. The number of aryl methyl sites for hydroxylation is 2. The van der Waals surface area contributed by atoms with Gasteiger partial charge in [-0.05, 0) is 61.4 Å². The summed E-state index contributed by atoms with van der Waals surface area (Å²) >= 11 is 0.981. The first-order valence-electron chi connectivity index (χ1n) is 14.1. The van der Waals surface area contributed by atoms with Crippen LogP contribution in [0.15, 0.2) is 72.0 Å². The average Bonchev–Trinajstić information content (AvgIpc) is 3.65. The number of carbonyl (C=O) groups excluding carboxylic acids is 2. The lowest BCUT2D eigenvalue weighted by atomic mass is 10.1. The van der Waals surface area contributed by atoms with Crippen molar-refractivity contribution < 1.29 is 49.4 Å². The molecule has 1 aliphatic heterocycles. The first-order valence-corrected chi connectivity index (χ1v) is 15.1. The van der Waals surface area contributed by atoms with E-state index in [0.29, 0.717) is 40.1 Å². The molecule has 0 saturated carbocycles. The fraction of sp³-hybridized carbons (Fsp3) is 0.258. The number of ether oxygens (including phenoxy) is 1. The van der Waals surface area contributed by atoms with E-state index < -0.39 is 49.0 Å². The quantitative estimate of drug-likeness (QED) is 0.186. The Kier molecular flexibility index (Phi) is 9.83. The maximum atomic E-state index is 13.6. The van der Waals surface area contributed by atoms with Crippen LogP contribution in [-0.2, 0) is 22.1 Å². The van der Waals surface area contributed by atoms with E-state index in [1.165, 1.54) is 17.1 Å². The molecule has 1 aromatic heterocycles. The maximum absolute atomic E-state index is 13.6. The van der Waals surface area contributed by atoms with E-state index in [1.54, 1.807) is 44.2 Å². The molecule has 1 fully saturated rings. The van der Waals surface area contributed by atoms with Crippen molar-refractivity contribution in [2.24, 2.45) is 4.99 Å². The van der Waals surface area contributed by atoms with Crippen LogP contribution in [0.25, 0.3) is 17.1 Å². The number of anilines is 2. The topological polar surface area (TPSA) is 102 Å². The lowest BCUT2D eigenvalue weighted by molar-refractivity contribution is -0.289. The van der Waals surface area contributed by atoms with E-state index >= 15 is 0 Å². The maximum Gasteiger partial charge on any atom is 0.458 e. The molecule has 1 N–H and O–H groups in total. The molecule has 0 atom stereocenters. The van der Waals surface area contributed by atoms with Gasteiger partial charge in [0.25, 0.3) is 0 Å². The van der Waals surface area contributed by atoms with Crippen LogP contribution >= 0.6 is 11.8 Å². The summed E-state index contributed by atoms with van der Waals surface area (Å²) in [6.45, 7) is 1.49. The van der Waals surface area contributed by atoms with Crippen molar-refractivity contribution in [2.45, 2.75) is 38.7 Å². The van der Waals surface area contributed by atoms with Crippen molar-refractivity contribution in [1.29, 1.82) is 0 Å². The normalized spacial score (nSPS) is 14.9. The number of benzene rings is 3. The van der Waals surface area contributed by atoms with Gasteiger partial charge < -0.3 is 10.1 Å². The van der Waals surface area contributed by atoms with E-state index in [2.05, 4.69) is 20.4 Å². The molecule has 5 rings (SSSR count). The van der Waals surface area contributed by atoms with Crippen molar-refractivity contribution in [3.63, 3.8) is 0 Å². The number of nitrogens with zero attached hydrogens (tertiary/aromatic N) is 5. The molecule has 0 aliphatic carbocycles. The third kappa shape index (κ3) is 8.07. The molecule has 3 aromatic carbocycles. The van der Waals surface area contributed by atoms with Crippen LogP contribution in [0.2, 0.25) is 0 Å². The Balaban J connectivity index is 1.30. The largest absolute Gasteiger partial charge is 0.458 e. The van der Waals surface area contributed by atoms with Crippen LogP contribution in [0.4, 0.5) is 51.3 Å². The molecule has 2 heterocycles. The molecule has 0 spiro atoms. The summed E-state index contributed by atoms with van der Waals surface area (Å²) < 4.78 is 109. The third-order valence-electron chi connectivity index (χ3n) is 7.04. The Labute approximate surface area is 277 Å². The van der Waals surface area contributed by atoms with Crippen molar-refractivity contribution in [1.82, 2.24) is 14.8 Å². The lowest BCUT2D eigenvalue weighted by Crippen LogP contribution is -2.33. The average molecular weight is 713 g/mol. The summed E-state index contributed by atoms with van der Waals surface area (Å²) in [6.07, 6.45) is -9.03. The fourth-order valence-electron chi connectivity index (χ4n) is 4.64. The Morgan fingerprint density at radius 1 is 0.980 bits per heavy atom. The van der Waals surface area contributed by atoms with Gasteiger partial charge in [-0.15, -0.1) is 5.10 Å². The van der Waals surface area contributed by atoms with Gasteiger partial charge in [0.05, 0.1) is 23.7 Å². The summed E-state index contributed by atoms with van der Waals surface area (Å²) in [5, 5.41) is 6.90. The molecule has 9 nitrogen and oxygen atoms in total. The second-order valence-corrected chi connectivity index (χ2v) is 11.7. The number of hydrogen-bond acceptors (Lipinski definition) is 6. The van der Waals surface area contributed by atoms with Crippen LogP contribution in [0, 0.1) is 13.8 Å². The molecule has 0 radical (unpaired) electrons. The molecule has 18 heteroatoms. The van der Waals surface area contributed by atoms with Gasteiger partial charge in [-0.2, -0.15) is 40.1 Å². The number of thioether (sulfide) groups is 1. The van der Waals surface area contributed by atoms with Crippen molar-refractivity contribution in [3.05, 3.63) is 89.2 Å². The predicted octanol–water partition coefficient (Wildman–Crippen LogP) is 7.95. The Hall–Kier alpha value is -4.84. The summed E-state index contributed by atoms with van der Waals surface area (Å²) in [4.78, 5) is 35.1. The van der Waals surface area contributed by atoms with Gasteiger partial charge in [0.1, 0.15) is 12.9 Å². The smallest absolute Gasteiger partial charge is 0.367 e. The molecule has 3 amide bonds. The molecule has 1 saturated heterocycles. The summed E-state index contributed by atoms with van der Waals surface area (Å²) in [5.74, 6) is -5.31. The number of carbonyl (C=O) groups is 2. The van der Waals surface area contributed by atoms with Gasteiger partial charge in [0.2, 0.25) is 5.91 Å². The SMILES string of the molecule is Cc1ccc(COCC(F)(F)F)c(N2C(=O)CS/C2=N\C(=O)Nc2ccc(-c3ncn(-c4ccc(C(F)(F)C(F)(F)F)cc4)n3)cc2C)c1. The summed E-state index contributed by atoms with van der Waals surface area (Å²) in [5.41, 5.74) is 1.59. The van der Waals surface area contributed by atoms with Crippen LogP contribution in [0.3, 0.4) is 0 Å². The van der Waals surface area contributed by atoms with Gasteiger partial charge in [-0.3, -0.25) is 9.69 Å². The molecular formula is C31H24F8N6O3S. The number of halogens is 8. The number of amides is 3. The molecular weight excluding hydrogens is 688 g/mol. The first kappa shape index (κ1) is 35.5. The highest BCUT2D eigenvalue weighted by Gasteiger charge is 2.58. The van der Waals surface area contributed by atoms with Gasteiger partial charge in [-0.1, -0.05) is 36.0 Å². The molecule has 49 heavy (non-hydrogen) atoms. The fourth-order valence-corrected chi connectivity index (χ4v) is 5.50. The van der Waals surface area contributed by atoms with Gasteiger partial charge in [-0.25, -0.2) is 14.5 Å². The highest BCUT2D eigenvalue weighted by molar-refractivity contribution is 8.15. The summed E-state index contributed by atoms with van der Waals surface area (Å²) in [7, 11) is 0. The van der Waals surface area contributed by atoms with E-state index in [9.17, 15) is 44.7 Å². The zero-order valence-electron chi connectivity index (χ0n) is 25.4. The van der Waals surface area contributed by atoms with Crippen LogP contribution < -0.4 is 10.2 Å². The molecule has 0 unspecified atom stereocenters. The second-order valence-electron chi connectivity index (χ2n) is 10.7. The number of hydrogen-bond donors (Lipinski definition) is 1. The Morgan fingerprint density at radius 3 is 2.35 bits per heavy atom. The number of urea groups is 1. The minimum atomic E-state index is -5.74. The Morgan fingerprint density at radius 2 is 1.69 bits per heavy atom. The van der Waals surface area contributed by atoms with E-state index in [4.69, 9.17) is 4.74 Å². The highest BCUT2D eigenvalue weighted by Crippen LogP contribution is 2.44. The number of amidine groups is 1. The van der Waals surface area contributed by atoms with Crippen molar-refractivity contribution in [3.8, 4) is 17.1 Å².